The zero-order chi connectivity index (χ0) is 12.1. The van der Waals surface area contributed by atoms with Gasteiger partial charge in [0.05, 0.1) is 0 Å². The summed E-state index contributed by atoms with van der Waals surface area (Å²) < 4.78 is 0. The highest BCUT2D eigenvalue weighted by Crippen LogP contribution is 2.26. The van der Waals surface area contributed by atoms with Gasteiger partial charge in [-0.25, -0.2) is 9.97 Å². The quantitative estimate of drug-likeness (QED) is 0.897. The third-order valence-electron chi connectivity index (χ3n) is 2.37. The first-order valence-corrected chi connectivity index (χ1v) is 6.00. The molecule has 0 radical (unpaired) electrons. The molecular weight excluding hydrogens is 234 g/mol. The first-order chi connectivity index (χ1) is 8.31. The summed E-state index contributed by atoms with van der Waals surface area (Å²) in [7, 11) is 0. The van der Waals surface area contributed by atoms with E-state index in [1.54, 1.807) is 12.4 Å². The van der Waals surface area contributed by atoms with E-state index in [9.17, 15) is 0 Å². The molecule has 0 aliphatic rings. The summed E-state index contributed by atoms with van der Waals surface area (Å²) in [6.45, 7) is 2.98. The highest BCUT2D eigenvalue weighted by molar-refractivity contribution is 6.33. The molecule has 3 nitrogen and oxygen atoms in total. The Morgan fingerprint density at radius 3 is 2.53 bits per heavy atom. The molecule has 0 saturated carbocycles. The number of aromatic nitrogens is 2. The maximum atomic E-state index is 6.11. The number of hydrogen-bond acceptors (Lipinski definition) is 3. The molecule has 1 N–H and O–H groups in total. The third kappa shape index (κ3) is 2.94. The molecular formula is C13H14ClN3. The average Bonchev–Trinajstić information content (AvgIpc) is 2.38. The van der Waals surface area contributed by atoms with Crippen LogP contribution in [0.15, 0.2) is 36.7 Å². The standard InChI is InChI=1S/C13H14ClN3/c1-2-7-15-13-16-8-10(9-17-13)11-5-3-4-6-12(11)14/h3-6,8-9H,2,7H2,1H3,(H,15,16,17). The normalized spacial score (nSPS) is 10.2. The second kappa shape index (κ2) is 5.64. The Bertz CT molecular complexity index is 482. The summed E-state index contributed by atoms with van der Waals surface area (Å²) in [5.41, 5.74) is 1.88. The Hall–Kier alpha value is -1.61. The van der Waals surface area contributed by atoms with Crippen LogP contribution in [-0.4, -0.2) is 16.5 Å². The lowest BCUT2D eigenvalue weighted by Gasteiger charge is -2.05. The summed E-state index contributed by atoms with van der Waals surface area (Å²) in [6.07, 6.45) is 4.62. The molecule has 1 heterocycles. The van der Waals surface area contributed by atoms with Crippen LogP contribution in [0.4, 0.5) is 5.95 Å². The summed E-state index contributed by atoms with van der Waals surface area (Å²) in [5, 5.41) is 3.85. The maximum Gasteiger partial charge on any atom is 0.222 e. The number of nitrogens with zero attached hydrogens (tertiary/aromatic N) is 2. The monoisotopic (exact) mass is 247 g/mol. The van der Waals surface area contributed by atoms with Crippen molar-refractivity contribution >= 4 is 17.5 Å². The van der Waals surface area contributed by atoms with Gasteiger partial charge in [0.15, 0.2) is 0 Å². The van der Waals surface area contributed by atoms with Gasteiger partial charge in [0.25, 0.3) is 0 Å². The number of nitrogens with one attached hydrogen (secondary N) is 1. The zero-order valence-electron chi connectivity index (χ0n) is 9.65. The van der Waals surface area contributed by atoms with Crippen molar-refractivity contribution in [2.75, 3.05) is 11.9 Å². The minimum absolute atomic E-state index is 0.655. The summed E-state index contributed by atoms with van der Waals surface area (Å²) >= 11 is 6.11. The molecule has 0 bridgehead atoms. The lowest BCUT2D eigenvalue weighted by Crippen LogP contribution is -2.03. The van der Waals surface area contributed by atoms with Crippen LogP contribution in [0.3, 0.4) is 0 Å². The molecule has 0 aliphatic carbocycles. The largest absolute Gasteiger partial charge is 0.354 e. The van der Waals surface area contributed by atoms with E-state index in [-0.39, 0.29) is 0 Å². The van der Waals surface area contributed by atoms with Crippen LogP contribution in [-0.2, 0) is 0 Å². The van der Waals surface area contributed by atoms with Crippen LogP contribution in [0.2, 0.25) is 5.02 Å². The maximum absolute atomic E-state index is 6.11. The van der Waals surface area contributed by atoms with Crippen molar-refractivity contribution in [2.45, 2.75) is 13.3 Å². The topological polar surface area (TPSA) is 37.8 Å². The van der Waals surface area contributed by atoms with Gasteiger partial charge in [0.2, 0.25) is 5.95 Å². The van der Waals surface area contributed by atoms with Crippen molar-refractivity contribution in [3.63, 3.8) is 0 Å². The van der Waals surface area contributed by atoms with E-state index in [1.807, 2.05) is 24.3 Å². The van der Waals surface area contributed by atoms with Crippen molar-refractivity contribution in [2.24, 2.45) is 0 Å². The average molecular weight is 248 g/mol. The predicted molar refractivity (Wildman–Crippen MR) is 71.3 cm³/mol. The first-order valence-electron chi connectivity index (χ1n) is 5.62. The van der Waals surface area contributed by atoms with Gasteiger partial charge in [-0.2, -0.15) is 0 Å². The van der Waals surface area contributed by atoms with Gasteiger partial charge in [0, 0.05) is 35.1 Å². The molecule has 2 aromatic rings. The fourth-order valence-corrected chi connectivity index (χ4v) is 1.74. The van der Waals surface area contributed by atoms with Crippen molar-refractivity contribution in [1.82, 2.24) is 9.97 Å². The number of anilines is 1. The molecule has 0 aliphatic heterocycles. The molecule has 17 heavy (non-hydrogen) atoms. The summed E-state index contributed by atoms with van der Waals surface area (Å²) in [5.74, 6) is 0.655. The second-order valence-electron chi connectivity index (χ2n) is 3.70. The Labute approximate surface area is 106 Å². The van der Waals surface area contributed by atoms with E-state index in [2.05, 4.69) is 22.2 Å². The molecule has 1 aromatic heterocycles. The number of rotatable bonds is 4. The zero-order valence-corrected chi connectivity index (χ0v) is 10.4. The molecule has 2 rings (SSSR count). The van der Waals surface area contributed by atoms with Gasteiger partial charge < -0.3 is 5.32 Å². The molecule has 0 amide bonds. The molecule has 0 atom stereocenters. The number of hydrogen-bond donors (Lipinski definition) is 1. The lowest BCUT2D eigenvalue weighted by atomic mass is 10.1. The van der Waals surface area contributed by atoms with Crippen LogP contribution in [0, 0.1) is 0 Å². The van der Waals surface area contributed by atoms with E-state index < -0.39 is 0 Å². The Morgan fingerprint density at radius 2 is 1.88 bits per heavy atom. The van der Waals surface area contributed by atoms with Gasteiger partial charge in [-0.05, 0) is 12.5 Å². The van der Waals surface area contributed by atoms with Crippen LogP contribution in [0.25, 0.3) is 11.1 Å². The smallest absolute Gasteiger partial charge is 0.222 e. The number of halogens is 1. The molecule has 0 spiro atoms. The van der Waals surface area contributed by atoms with Crippen LogP contribution >= 0.6 is 11.6 Å². The minimum atomic E-state index is 0.655. The molecule has 4 heteroatoms. The van der Waals surface area contributed by atoms with Gasteiger partial charge in [-0.1, -0.05) is 36.7 Å². The van der Waals surface area contributed by atoms with Gasteiger partial charge in [0.1, 0.15) is 0 Å². The van der Waals surface area contributed by atoms with E-state index in [1.165, 1.54) is 0 Å². The summed E-state index contributed by atoms with van der Waals surface area (Å²) in [6, 6.07) is 7.68. The van der Waals surface area contributed by atoms with E-state index in [0.717, 1.165) is 24.1 Å². The molecule has 1 aromatic carbocycles. The Balaban J connectivity index is 2.21. The lowest BCUT2D eigenvalue weighted by molar-refractivity contribution is 0.953. The highest BCUT2D eigenvalue weighted by Gasteiger charge is 2.03. The van der Waals surface area contributed by atoms with E-state index in [0.29, 0.717) is 11.0 Å². The van der Waals surface area contributed by atoms with Crippen molar-refractivity contribution in [3.8, 4) is 11.1 Å². The fourth-order valence-electron chi connectivity index (χ4n) is 1.49. The molecule has 0 saturated heterocycles. The van der Waals surface area contributed by atoms with Crippen molar-refractivity contribution < 1.29 is 0 Å². The first kappa shape index (κ1) is 11.9. The number of benzene rings is 1. The third-order valence-corrected chi connectivity index (χ3v) is 2.70. The minimum Gasteiger partial charge on any atom is -0.354 e. The second-order valence-corrected chi connectivity index (χ2v) is 4.11. The van der Waals surface area contributed by atoms with Gasteiger partial charge in [-0.15, -0.1) is 0 Å². The SMILES string of the molecule is CCCNc1ncc(-c2ccccc2Cl)cn1. The molecule has 0 fully saturated rings. The van der Waals surface area contributed by atoms with E-state index in [4.69, 9.17) is 11.6 Å². The van der Waals surface area contributed by atoms with Gasteiger partial charge >= 0.3 is 0 Å². The van der Waals surface area contributed by atoms with Crippen molar-refractivity contribution in [3.05, 3.63) is 41.7 Å². The Morgan fingerprint density at radius 1 is 1.18 bits per heavy atom. The Kier molecular flexibility index (Phi) is 3.94. The van der Waals surface area contributed by atoms with Crippen LogP contribution in [0.5, 0.6) is 0 Å². The van der Waals surface area contributed by atoms with Crippen LogP contribution in [0.1, 0.15) is 13.3 Å². The van der Waals surface area contributed by atoms with Crippen molar-refractivity contribution in [1.29, 1.82) is 0 Å². The summed E-state index contributed by atoms with van der Waals surface area (Å²) in [4.78, 5) is 8.51. The predicted octanol–water partition coefficient (Wildman–Crippen LogP) is 3.62. The highest BCUT2D eigenvalue weighted by atomic mass is 35.5. The molecule has 0 unspecified atom stereocenters. The molecule has 88 valence electrons. The fraction of sp³-hybridized carbons (Fsp3) is 0.231. The van der Waals surface area contributed by atoms with E-state index >= 15 is 0 Å². The van der Waals surface area contributed by atoms with Gasteiger partial charge in [-0.3, -0.25) is 0 Å². The van der Waals surface area contributed by atoms with Crippen LogP contribution < -0.4 is 5.32 Å².